The predicted molar refractivity (Wildman–Crippen MR) is 68.7 cm³/mol. The number of hydrogen-bond acceptors (Lipinski definition) is 3. The van der Waals surface area contributed by atoms with Crippen LogP contribution in [0.25, 0.3) is 0 Å². The number of nitriles is 1. The Morgan fingerprint density at radius 1 is 1.39 bits per heavy atom. The van der Waals surface area contributed by atoms with Crippen molar-refractivity contribution in [3.63, 3.8) is 0 Å². The molecule has 18 heavy (non-hydrogen) atoms. The van der Waals surface area contributed by atoms with Crippen LogP contribution in [0, 0.1) is 11.3 Å². The monoisotopic (exact) mass is 243 g/mol. The fraction of sp³-hybridized carbons (Fsp3) is 0.385. The average Bonchev–Trinajstić information content (AvgIpc) is 2.91. The van der Waals surface area contributed by atoms with Gasteiger partial charge in [0.25, 0.3) is 0 Å². The second-order valence-electron chi connectivity index (χ2n) is 4.34. The summed E-state index contributed by atoms with van der Waals surface area (Å²) < 4.78 is 3.87. The van der Waals surface area contributed by atoms with Crippen molar-refractivity contribution in [3.05, 3.63) is 41.7 Å². The first-order chi connectivity index (χ1) is 8.70. The second kappa shape index (κ2) is 5.52. The van der Waals surface area contributed by atoms with E-state index in [9.17, 15) is 0 Å². The summed E-state index contributed by atoms with van der Waals surface area (Å²) >= 11 is 0. The van der Waals surface area contributed by atoms with Crippen LogP contribution in [0.1, 0.15) is 17.1 Å². The van der Waals surface area contributed by atoms with Crippen molar-refractivity contribution in [2.45, 2.75) is 13.0 Å². The van der Waals surface area contributed by atoms with Gasteiger partial charge in [0.15, 0.2) is 0 Å². The van der Waals surface area contributed by atoms with E-state index in [0.29, 0.717) is 5.69 Å². The molecule has 0 amide bonds. The summed E-state index contributed by atoms with van der Waals surface area (Å²) in [5.74, 6) is 1.08. The molecule has 94 valence electrons. The molecule has 0 fully saturated rings. The molecule has 1 N–H and O–H groups in total. The molecule has 0 saturated heterocycles. The zero-order chi connectivity index (χ0) is 13.0. The van der Waals surface area contributed by atoms with Crippen molar-refractivity contribution in [2.24, 2.45) is 14.1 Å². The van der Waals surface area contributed by atoms with Crippen LogP contribution in [-0.2, 0) is 27.1 Å². The molecule has 2 heterocycles. The maximum Gasteiger partial charge on any atom is 0.120 e. The Balaban J connectivity index is 1.79. The van der Waals surface area contributed by atoms with Gasteiger partial charge >= 0.3 is 0 Å². The lowest BCUT2D eigenvalue weighted by Crippen LogP contribution is -2.17. The van der Waals surface area contributed by atoms with Crippen molar-refractivity contribution < 1.29 is 0 Å². The number of rotatable bonds is 5. The number of nitrogens with one attached hydrogen (secondary N) is 1. The summed E-state index contributed by atoms with van der Waals surface area (Å²) in [5.41, 5.74) is 1.82. The van der Waals surface area contributed by atoms with Crippen molar-refractivity contribution in [1.29, 1.82) is 5.26 Å². The third-order valence-electron chi connectivity index (χ3n) is 2.95. The van der Waals surface area contributed by atoms with Gasteiger partial charge in [0.1, 0.15) is 17.6 Å². The fourth-order valence-electron chi connectivity index (χ4n) is 1.91. The van der Waals surface area contributed by atoms with E-state index in [0.717, 1.165) is 30.9 Å². The van der Waals surface area contributed by atoms with Gasteiger partial charge in [0, 0.05) is 52.2 Å². The molecule has 0 aliphatic carbocycles. The highest BCUT2D eigenvalue weighted by Crippen LogP contribution is 2.05. The van der Waals surface area contributed by atoms with E-state index in [1.807, 2.05) is 47.9 Å². The first-order valence-corrected chi connectivity index (χ1v) is 5.93. The molecule has 2 aromatic heterocycles. The highest BCUT2D eigenvalue weighted by Gasteiger charge is 2.02. The van der Waals surface area contributed by atoms with E-state index in [1.165, 1.54) is 0 Å². The first kappa shape index (κ1) is 12.4. The van der Waals surface area contributed by atoms with Crippen molar-refractivity contribution in [2.75, 3.05) is 6.54 Å². The van der Waals surface area contributed by atoms with Gasteiger partial charge in [0.05, 0.1) is 0 Å². The molecular weight excluding hydrogens is 226 g/mol. The van der Waals surface area contributed by atoms with Crippen LogP contribution in [0.3, 0.4) is 0 Å². The Kier molecular flexibility index (Phi) is 3.80. The number of imidazole rings is 1. The Morgan fingerprint density at radius 3 is 2.83 bits per heavy atom. The summed E-state index contributed by atoms with van der Waals surface area (Å²) in [6.45, 7) is 1.65. The molecule has 2 aromatic rings. The fourth-order valence-corrected chi connectivity index (χ4v) is 1.91. The van der Waals surface area contributed by atoms with Crippen LogP contribution < -0.4 is 5.32 Å². The maximum absolute atomic E-state index is 8.86. The largest absolute Gasteiger partial charge is 0.342 e. The van der Waals surface area contributed by atoms with Gasteiger partial charge in [-0.3, -0.25) is 0 Å². The summed E-state index contributed by atoms with van der Waals surface area (Å²) in [5, 5.41) is 12.2. The first-order valence-electron chi connectivity index (χ1n) is 5.93. The van der Waals surface area contributed by atoms with E-state index < -0.39 is 0 Å². The van der Waals surface area contributed by atoms with Crippen molar-refractivity contribution in [1.82, 2.24) is 19.4 Å². The van der Waals surface area contributed by atoms with Crippen LogP contribution in [0.2, 0.25) is 0 Å². The smallest absolute Gasteiger partial charge is 0.120 e. The van der Waals surface area contributed by atoms with Gasteiger partial charge in [-0.25, -0.2) is 4.98 Å². The number of hydrogen-bond donors (Lipinski definition) is 1. The minimum Gasteiger partial charge on any atom is -0.342 e. The lowest BCUT2D eigenvalue weighted by molar-refractivity contribution is 0.654. The summed E-state index contributed by atoms with van der Waals surface area (Å²) in [6.07, 6.45) is 6.64. The zero-order valence-electron chi connectivity index (χ0n) is 10.7. The molecule has 0 aliphatic rings. The highest BCUT2D eigenvalue weighted by molar-refractivity contribution is 5.28. The number of aryl methyl sites for hydroxylation is 2. The van der Waals surface area contributed by atoms with Crippen LogP contribution in [0.4, 0.5) is 0 Å². The van der Waals surface area contributed by atoms with E-state index in [-0.39, 0.29) is 0 Å². The van der Waals surface area contributed by atoms with Gasteiger partial charge in [0.2, 0.25) is 0 Å². The minimum atomic E-state index is 0.691. The lowest BCUT2D eigenvalue weighted by atomic mass is 10.3. The average molecular weight is 243 g/mol. The van der Waals surface area contributed by atoms with E-state index in [4.69, 9.17) is 5.26 Å². The molecule has 0 aromatic carbocycles. The molecule has 5 nitrogen and oxygen atoms in total. The van der Waals surface area contributed by atoms with Gasteiger partial charge in [-0.2, -0.15) is 5.26 Å². The third-order valence-corrected chi connectivity index (χ3v) is 2.95. The normalized spacial score (nSPS) is 10.5. The highest BCUT2D eigenvalue weighted by atomic mass is 15.0. The number of nitrogens with zero attached hydrogens (tertiary/aromatic N) is 4. The molecule has 0 saturated carbocycles. The maximum atomic E-state index is 8.86. The molecule has 0 bridgehead atoms. The molecule has 0 unspecified atom stereocenters. The van der Waals surface area contributed by atoms with Gasteiger partial charge in [-0.1, -0.05) is 0 Å². The molecule has 0 radical (unpaired) electrons. The molecule has 0 aliphatic heterocycles. The summed E-state index contributed by atoms with van der Waals surface area (Å²) in [7, 11) is 3.88. The molecule has 2 rings (SSSR count). The second-order valence-corrected chi connectivity index (χ2v) is 4.34. The van der Waals surface area contributed by atoms with Gasteiger partial charge in [-0.05, 0) is 11.6 Å². The Hall–Kier alpha value is -2.06. The minimum absolute atomic E-state index is 0.691. The van der Waals surface area contributed by atoms with Crippen molar-refractivity contribution >= 4 is 0 Å². The summed E-state index contributed by atoms with van der Waals surface area (Å²) in [6, 6.07) is 4.07. The number of aromatic nitrogens is 3. The van der Waals surface area contributed by atoms with Crippen LogP contribution >= 0.6 is 0 Å². The van der Waals surface area contributed by atoms with E-state index >= 15 is 0 Å². The Morgan fingerprint density at radius 2 is 2.22 bits per heavy atom. The van der Waals surface area contributed by atoms with Crippen LogP contribution in [0.5, 0.6) is 0 Å². The molecule has 0 atom stereocenters. The Bertz CT molecular complexity index is 558. The van der Waals surface area contributed by atoms with Gasteiger partial charge in [-0.15, -0.1) is 0 Å². The van der Waals surface area contributed by atoms with E-state index in [2.05, 4.69) is 16.4 Å². The SMILES string of the molecule is Cn1cc(CNCCc2nccn2C)cc1C#N. The quantitative estimate of drug-likeness (QED) is 0.796. The third kappa shape index (κ3) is 2.79. The van der Waals surface area contributed by atoms with E-state index in [1.54, 1.807) is 0 Å². The molecule has 5 heteroatoms. The van der Waals surface area contributed by atoms with Crippen LogP contribution in [0.15, 0.2) is 24.7 Å². The zero-order valence-corrected chi connectivity index (χ0v) is 10.7. The molecular formula is C13H17N5. The molecule has 0 spiro atoms. The van der Waals surface area contributed by atoms with Crippen LogP contribution in [-0.4, -0.2) is 20.7 Å². The standard InChI is InChI=1S/C13H17N5/c1-17-6-5-16-13(17)3-4-15-9-11-7-12(8-14)18(2)10-11/h5-7,10,15H,3-4,9H2,1-2H3. The topological polar surface area (TPSA) is 58.6 Å². The lowest BCUT2D eigenvalue weighted by Gasteiger charge is -2.03. The predicted octanol–water partition coefficient (Wildman–Crippen LogP) is 0.963. The Labute approximate surface area is 107 Å². The van der Waals surface area contributed by atoms with Gasteiger partial charge < -0.3 is 14.5 Å². The summed E-state index contributed by atoms with van der Waals surface area (Å²) in [4.78, 5) is 4.27. The van der Waals surface area contributed by atoms with Crippen molar-refractivity contribution in [3.8, 4) is 6.07 Å².